The smallest absolute Gasteiger partial charge is 0.132 e. The van der Waals surface area contributed by atoms with Crippen LogP contribution in [0, 0.1) is 12.7 Å². The van der Waals surface area contributed by atoms with Gasteiger partial charge in [-0.2, -0.15) is 0 Å². The number of aliphatic hydroxyl groups is 1. The van der Waals surface area contributed by atoms with Crippen LogP contribution in [0.5, 0.6) is 0 Å². The van der Waals surface area contributed by atoms with Gasteiger partial charge in [0.05, 0.1) is 0 Å². The Balaban J connectivity index is 2.16. The molecule has 0 fully saturated rings. The molecule has 1 unspecified atom stereocenters. The highest BCUT2D eigenvalue weighted by atomic mass is 79.9. The first-order chi connectivity index (χ1) is 9.59. The lowest BCUT2D eigenvalue weighted by Crippen LogP contribution is -2.03. The van der Waals surface area contributed by atoms with Crippen molar-refractivity contribution in [2.24, 2.45) is 0 Å². The molecule has 0 saturated carbocycles. The van der Waals surface area contributed by atoms with Crippen molar-refractivity contribution in [1.29, 1.82) is 0 Å². The fraction of sp³-hybridized carbons (Fsp3) is 0.125. The van der Waals surface area contributed by atoms with Gasteiger partial charge < -0.3 is 5.11 Å². The van der Waals surface area contributed by atoms with Crippen molar-refractivity contribution in [3.8, 4) is 0 Å². The van der Waals surface area contributed by atoms with Crippen LogP contribution in [-0.2, 0) is 0 Å². The zero-order valence-corrected chi connectivity index (χ0v) is 13.1. The normalized spacial score (nSPS) is 12.8. The molecule has 0 aliphatic carbocycles. The molecule has 0 saturated heterocycles. The van der Waals surface area contributed by atoms with E-state index in [2.05, 4.69) is 15.9 Å². The monoisotopic (exact) mass is 350 g/mol. The highest BCUT2D eigenvalue weighted by Crippen LogP contribution is 2.37. The molecule has 0 spiro atoms. The lowest BCUT2D eigenvalue weighted by molar-refractivity contribution is 0.216. The van der Waals surface area contributed by atoms with Crippen LogP contribution in [-0.4, -0.2) is 5.11 Å². The highest BCUT2D eigenvalue weighted by molar-refractivity contribution is 9.10. The van der Waals surface area contributed by atoms with Gasteiger partial charge in [-0.3, -0.25) is 0 Å². The predicted octanol–water partition coefficient (Wildman–Crippen LogP) is 5.19. The Bertz CT molecular complexity index is 781. The van der Waals surface area contributed by atoms with Crippen LogP contribution in [0.25, 0.3) is 10.1 Å². The molecule has 4 heteroatoms. The standard InChI is InChI=1S/C16H12BrFOS/c1-9-4-2-6-11(14(9)18)15(19)12-8-20-16-10(12)5-3-7-13(16)17/h2-8,15,19H,1H3. The van der Waals surface area contributed by atoms with Crippen molar-refractivity contribution in [3.05, 3.63) is 68.8 Å². The molecule has 0 aliphatic rings. The van der Waals surface area contributed by atoms with Crippen LogP contribution < -0.4 is 0 Å². The molecule has 102 valence electrons. The first-order valence-electron chi connectivity index (χ1n) is 6.18. The predicted molar refractivity (Wildman–Crippen MR) is 84.7 cm³/mol. The maximum absolute atomic E-state index is 14.2. The van der Waals surface area contributed by atoms with Gasteiger partial charge in [0.15, 0.2) is 0 Å². The maximum atomic E-state index is 14.2. The Morgan fingerprint density at radius 2 is 1.90 bits per heavy atom. The van der Waals surface area contributed by atoms with Crippen molar-refractivity contribution >= 4 is 37.4 Å². The SMILES string of the molecule is Cc1cccc(C(O)c2csc3c(Br)cccc23)c1F. The first kappa shape index (κ1) is 13.7. The van der Waals surface area contributed by atoms with E-state index in [1.807, 2.05) is 23.6 Å². The third-order valence-corrected chi connectivity index (χ3v) is 5.36. The fourth-order valence-corrected chi connectivity index (χ4v) is 3.94. The summed E-state index contributed by atoms with van der Waals surface area (Å²) < 4.78 is 16.2. The summed E-state index contributed by atoms with van der Waals surface area (Å²) in [6.07, 6.45) is -0.946. The first-order valence-corrected chi connectivity index (χ1v) is 7.85. The van der Waals surface area contributed by atoms with E-state index in [-0.39, 0.29) is 5.82 Å². The lowest BCUT2D eigenvalue weighted by Gasteiger charge is -2.13. The second kappa shape index (κ2) is 5.28. The van der Waals surface area contributed by atoms with E-state index >= 15 is 0 Å². The van der Waals surface area contributed by atoms with E-state index in [1.165, 1.54) is 0 Å². The molecular weight excluding hydrogens is 339 g/mol. The second-order valence-corrected chi connectivity index (χ2v) is 6.42. The van der Waals surface area contributed by atoms with E-state index in [1.54, 1.807) is 36.5 Å². The summed E-state index contributed by atoms with van der Waals surface area (Å²) in [5.41, 5.74) is 1.61. The molecule has 3 aromatic rings. The van der Waals surface area contributed by atoms with Gasteiger partial charge in [-0.1, -0.05) is 30.3 Å². The van der Waals surface area contributed by atoms with E-state index in [0.717, 1.165) is 20.1 Å². The summed E-state index contributed by atoms with van der Waals surface area (Å²) in [5.74, 6) is -0.339. The van der Waals surface area contributed by atoms with Crippen molar-refractivity contribution in [2.75, 3.05) is 0 Å². The minimum Gasteiger partial charge on any atom is -0.383 e. The number of halogens is 2. The lowest BCUT2D eigenvalue weighted by atomic mass is 9.99. The summed E-state index contributed by atoms with van der Waals surface area (Å²) >= 11 is 5.04. The molecule has 2 aromatic carbocycles. The zero-order chi connectivity index (χ0) is 14.3. The molecule has 20 heavy (non-hydrogen) atoms. The third-order valence-electron chi connectivity index (χ3n) is 3.39. The van der Waals surface area contributed by atoms with E-state index in [9.17, 15) is 9.50 Å². The summed E-state index contributed by atoms with van der Waals surface area (Å²) in [6, 6.07) is 10.9. The van der Waals surface area contributed by atoms with Gasteiger partial charge in [-0.15, -0.1) is 11.3 Å². The molecule has 0 radical (unpaired) electrons. The molecule has 1 nitrogen and oxygen atoms in total. The summed E-state index contributed by atoms with van der Waals surface area (Å²) in [5, 5.41) is 13.4. The molecule has 0 bridgehead atoms. The van der Waals surface area contributed by atoms with Crippen LogP contribution in [0.3, 0.4) is 0 Å². The largest absolute Gasteiger partial charge is 0.383 e. The molecule has 1 heterocycles. The zero-order valence-electron chi connectivity index (χ0n) is 10.7. The molecule has 3 rings (SSSR count). The average Bonchev–Trinajstić information content (AvgIpc) is 2.86. The fourth-order valence-electron chi connectivity index (χ4n) is 2.30. The van der Waals surface area contributed by atoms with Crippen LogP contribution in [0.2, 0.25) is 0 Å². The van der Waals surface area contributed by atoms with Crippen LogP contribution in [0.15, 0.2) is 46.3 Å². The van der Waals surface area contributed by atoms with Crippen LogP contribution >= 0.6 is 27.3 Å². The van der Waals surface area contributed by atoms with Crippen molar-refractivity contribution in [2.45, 2.75) is 13.0 Å². The molecule has 0 aliphatic heterocycles. The summed E-state index contributed by atoms with van der Waals surface area (Å²) in [7, 11) is 0. The van der Waals surface area contributed by atoms with Gasteiger partial charge >= 0.3 is 0 Å². The minimum atomic E-state index is -0.946. The number of aliphatic hydroxyl groups excluding tert-OH is 1. The maximum Gasteiger partial charge on any atom is 0.132 e. The number of rotatable bonds is 2. The van der Waals surface area contributed by atoms with Crippen molar-refractivity contribution in [3.63, 3.8) is 0 Å². The van der Waals surface area contributed by atoms with Crippen LogP contribution in [0.4, 0.5) is 4.39 Å². The van der Waals surface area contributed by atoms with Gasteiger partial charge in [0.1, 0.15) is 11.9 Å². The number of hydrogen-bond donors (Lipinski definition) is 1. The topological polar surface area (TPSA) is 20.2 Å². The van der Waals surface area contributed by atoms with Crippen molar-refractivity contribution in [1.82, 2.24) is 0 Å². The average molecular weight is 351 g/mol. The van der Waals surface area contributed by atoms with E-state index < -0.39 is 6.10 Å². The summed E-state index contributed by atoms with van der Waals surface area (Å²) in [4.78, 5) is 0. The number of fused-ring (bicyclic) bond motifs is 1. The number of thiophene rings is 1. The van der Waals surface area contributed by atoms with Gasteiger partial charge in [0.2, 0.25) is 0 Å². The Kier molecular flexibility index (Phi) is 3.63. The van der Waals surface area contributed by atoms with Crippen LogP contribution in [0.1, 0.15) is 22.8 Å². The van der Waals surface area contributed by atoms with Gasteiger partial charge in [0.25, 0.3) is 0 Å². The molecule has 0 amide bonds. The van der Waals surface area contributed by atoms with E-state index in [0.29, 0.717) is 11.1 Å². The van der Waals surface area contributed by atoms with Gasteiger partial charge in [0, 0.05) is 20.3 Å². The highest BCUT2D eigenvalue weighted by Gasteiger charge is 2.19. The van der Waals surface area contributed by atoms with Gasteiger partial charge in [-0.05, 0) is 45.2 Å². The Hall–Kier alpha value is -1.23. The second-order valence-electron chi connectivity index (χ2n) is 4.69. The Morgan fingerprint density at radius 3 is 2.70 bits per heavy atom. The quantitative estimate of drug-likeness (QED) is 0.673. The Labute approximate surface area is 128 Å². The Morgan fingerprint density at radius 1 is 1.15 bits per heavy atom. The van der Waals surface area contributed by atoms with E-state index in [4.69, 9.17) is 0 Å². The number of hydrogen-bond acceptors (Lipinski definition) is 2. The molecule has 1 aromatic heterocycles. The third kappa shape index (κ3) is 2.18. The van der Waals surface area contributed by atoms with Gasteiger partial charge in [-0.25, -0.2) is 4.39 Å². The number of benzene rings is 2. The molecule has 1 N–H and O–H groups in total. The summed E-state index contributed by atoms with van der Waals surface area (Å²) in [6.45, 7) is 1.70. The molecular formula is C16H12BrFOS. The number of aryl methyl sites for hydroxylation is 1. The van der Waals surface area contributed by atoms with Crippen molar-refractivity contribution < 1.29 is 9.50 Å². The minimum absolute atomic E-state index is 0.324. The molecule has 1 atom stereocenters.